The molecule has 0 amide bonds. The second kappa shape index (κ2) is 10.8. The van der Waals surface area contributed by atoms with E-state index in [0.29, 0.717) is 11.2 Å². The summed E-state index contributed by atoms with van der Waals surface area (Å²) in [6.07, 6.45) is 11.2. The monoisotopic (exact) mass is 492 g/mol. The van der Waals surface area contributed by atoms with Gasteiger partial charge in [-0.1, -0.05) is 48.5 Å². The van der Waals surface area contributed by atoms with Gasteiger partial charge in [0, 0.05) is 18.8 Å². The van der Waals surface area contributed by atoms with Crippen LogP contribution in [0.25, 0.3) is 11.1 Å². The average molecular weight is 493 g/mol. The van der Waals surface area contributed by atoms with Crippen molar-refractivity contribution in [2.75, 3.05) is 31.1 Å². The van der Waals surface area contributed by atoms with Crippen LogP contribution in [0.4, 0.5) is 5.69 Å². The molecule has 0 aromatic heterocycles. The number of nitrogens with zero attached hydrogens (tertiary/aromatic N) is 1. The number of hydrogen-bond acceptors (Lipinski definition) is 3. The molecule has 3 heteroatoms. The number of phenols is 1. The Morgan fingerprint density at radius 2 is 1.54 bits per heavy atom. The normalized spacial score (nSPS) is 22.8. The Labute approximate surface area is 222 Å². The van der Waals surface area contributed by atoms with Crippen LogP contribution in [0.2, 0.25) is 0 Å². The molecule has 1 unspecified atom stereocenters. The third kappa shape index (κ3) is 5.20. The smallest absolute Gasteiger partial charge is 0.115 e. The second-order valence-corrected chi connectivity index (χ2v) is 11.4. The van der Waals surface area contributed by atoms with Gasteiger partial charge < -0.3 is 15.3 Å². The number of aryl methyl sites for hydroxylation is 1. The van der Waals surface area contributed by atoms with E-state index in [-0.39, 0.29) is 0 Å². The number of phenolic OH excluding ortho intramolecular Hbond substituents is 1. The van der Waals surface area contributed by atoms with Gasteiger partial charge in [0.05, 0.1) is 0 Å². The first kappa shape index (κ1) is 24.3. The highest BCUT2D eigenvalue weighted by molar-refractivity contribution is 6.00. The van der Waals surface area contributed by atoms with Crippen molar-refractivity contribution < 1.29 is 5.11 Å². The SMILES string of the molecule is Oc1ccc2c(c1)CCCC(c1ccccc1)=C2c1ccc(N2CCCC3(CCCNCC3)CC2)cc1. The topological polar surface area (TPSA) is 35.5 Å². The molecule has 3 aliphatic rings. The quantitative estimate of drug-likeness (QED) is 0.399. The van der Waals surface area contributed by atoms with Gasteiger partial charge in [0.2, 0.25) is 0 Å². The largest absolute Gasteiger partial charge is 0.508 e. The molecule has 2 N–H and O–H groups in total. The number of benzene rings is 3. The first-order valence-electron chi connectivity index (χ1n) is 14.4. The first-order valence-corrected chi connectivity index (χ1v) is 14.4. The number of hydrogen-bond donors (Lipinski definition) is 2. The van der Waals surface area contributed by atoms with Gasteiger partial charge >= 0.3 is 0 Å². The molecule has 0 radical (unpaired) electrons. The minimum Gasteiger partial charge on any atom is -0.508 e. The number of nitrogens with one attached hydrogen (secondary N) is 1. The summed E-state index contributed by atoms with van der Waals surface area (Å²) in [5, 5.41) is 13.8. The Hall–Kier alpha value is -3.04. The predicted molar refractivity (Wildman–Crippen MR) is 155 cm³/mol. The summed E-state index contributed by atoms with van der Waals surface area (Å²) in [6.45, 7) is 4.71. The summed E-state index contributed by atoms with van der Waals surface area (Å²) in [5.41, 5.74) is 9.73. The Balaban J connectivity index is 1.32. The fourth-order valence-corrected chi connectivity index (χ4v) is 7.07. The highest BCUT2D eigenvalue weighted by Gasteiger charge is 2.33. The van der Waals surface area contributed by atoms with E-state index in [1.54, 1.807) is 0 Å². The van der Waals surface area contributed by atoms with Gasteiger partial charge in [-0.05, 0) is 134 Å². The van der Waals surface area contributed by atoms with Crippen LogP contribution in [0.15, 0.2) is 72.8 Å². The van der Waals surface area contributed by atoms with Crippen molar-refractivity contribution in [3.8, 4) is 5.75 Å². The van der Waals surface area contributed by atoms with Crippen molar-refractivity contribution in [2.24, 2.45) is 5.41 Å². The van der Waals surface area contributed by atoms with Gasteiger partial charge in [0.15, 0.2) is 0 Å². The summed E-state index contributed by atoms with van der Waals surface area (Å²) < 4.78 is 0. The molecule has 0 saturated carbocycles. The number of allylic oxidation sites excluding steroid dienone is 1. The van der Waals surface area contributed by atoms with E-state index in [9.17, 15) is 5.11 Å². The van der Waals surface area contributed by atoms with E-state index < -0.39 is 0 Å². The zero-order valence-electron chi connectivity index (χ0n) is 22.0. The molecule has 0 bridgehead atoms. The highest BCUT2D eigenvalue weighted by Crippen LogP contribution is 2.43. The molecule has 3 nitrogen and oxygen atoms in total. The van der Waals surface area contributed by atoms with Gasteiger partial charge in [-0.2, -0.15) is 0 Å². The van der Waals surface area contributed by atoms with E-state index in [2.05, 4.69) is 70.9 Å². The van der Waals surface area contributed by atoms with Gasteiger partial charge in [-0.3, -0.25) is 0 Å². The number of rotatable bonds is 3. The Morgan fingerprint density at radius 1 is 0.703 bits per heavy atom. The lowest BCUT2D eigenvalue weighted by atomic mass is 9.75. The van der Waals surface area contributed by atoms with Crippen LogP contribution in [0.3, 0.4) is 0 Å². The minimum atomic E-state index is 0.361. The first-order chi connectivity index (χ1) is 18.2. The fraction of sp³-hybridized carbons (Fsp3) is 0.412. The second-order valence-electron chi connectivity index (χ2n) is 11.4. The zero-order chi connectivity index (χ0) is 25.1. The maximum absolute atomic E-state index is 10.2. The molecule has 6 rings (SSSR count). The molecule has 2 saturated heterocycles. The molecule has 2 fully saturated rings. The average Bonchev–Trinajstić information content (AvgIpc) is 3.38. The van der Waals surface area contributed by atoms with Crippen LogP contribution in [0.1, 0.15) is 73.6 Å². The molecule has 2 aliphatic heterocycles. The highest BCUT2D eigenvalue weighted by atomic mass is 16.3. The van der Waals surface area contributed by atoms with Crippen LogP contribution in [0.5, 0.6) is 5.75 Å². The van der Waals surface area contributed by atoms with Crippen molar-refractivity contribution in [2.45, 2.75) is 57.8 Å². The summed E-state index contributed by atoms with van der Waals surface area (Å²) >= 11 is 0. The molecular weight excluding hydrogens is 452 g/mol. The predicted octanol–water partition coefficient (Wildman–Crippen LogP) is 7.44. The molecule has 1 aliphatic carbocycles. The molecule has 3 aromatic carbocycles. The maximum atomic E-state index is 10.2. The molecule has 192 valence electrons. The molecule has 1 atom stereocenters. The van der Waals surface area contributed by atoms with Gasteiger partial charge in [0.1, 0.15) is 5.75 Å². The van der Waals surface area contributed by atoms with Crippen LogP contribution in [-0.4, -0.2) is 31.3 Å². The Bertz CT molecular complexity index is 1240. The van der Waals surface area contributed by atoms with E-state index in [4.69, 9.17) is 0 Å². The summed E-state index contributed by atoms with van der Waals surface area (Å²) in [7, 11) is 0. The van der Waals surface area contributed by atoms with Crippen molar-refractivity contribution in [3.63, 3.8) is 0 Å². The lowest BCUT2D eigenvalue weighted by Crippen LogP contribution is -2.27. The molecule has 3 aromatic rings. The lowest BCUT2D eigenvalue weighted by molar-refractivity contribution is 0.221. The maximum Gasteiger partial charge on any atom is 0.115 e. The van der Waals surface area contributed by atoms with Gasteiger partial charge in [-0.15, -0.1) is 0 Å². The third-order valence-electron chi connectivity index (χ3n) is 9.12. The fourth-order valence-electron chi connectivity index (χ4n) is 7.07. The van der Waals surface area contributed by atoms with Gasteiger partial charge in [0.25, 0.3) is 0 Å². The number of anilines is 1. The van der Waals surface area contributed by atoms with Crippen LogP contribution in [0, 0.1) is 5.41 Å². The van der Waals surface area contributed by atoms with E-state index in [1.807, 2.05) is 12.1 Å². The Morgan fingerprint density at radius 3 is 2.41 bits per heavy atom. The van der Waals surface area contributed by atoms with Crippen LogP contribution in [-0.2, 0) is 6.42 Å². The van der Waals surface area contributed by atoms with Crippen molar-refractivity contribution >= 4 is 16.8 Å². The molecule has 1 spiro atoms. The van der Waals surface area contributed by atoms with Crippen molar-refractivity contribution in [3.05, 3.63) is 95.1 Å². The minimum absolute atomic E-state index is 0.361. The van der Waals surface area contributed by atoms with Gasteiger partial charge in [-0.25, -0.2) is 0 Å². The van der Waals surface area contributed by atoms with Crippen molar-refractivity contribution in [1.82, 2.24) is 5.32 Å². The van der Waals surface area contributed by atoms with Crippen molar-refractivity contribution in [1.29, 1.82) is 0 Å². The van der Waals surface area contributed by atoms with E-state index >= 15 is 0 Å². The number of aromatic hydroxyl groups is 1. The molecule has 2 heterocycles. The van der Waals surface area contributed by atoms with Crippen LogP contribution < -0.4 is 10.2 Å². The molecular formula is C34H40N2O. The lowest BCUT2D eigenvalue weighted by Gasteiger charge is -2.31. The zero-order valence-corrected chi connectivity index (χ0v) is 22.0. The van der Waals surface area contributed by atoms with E-state index in [0.717, 1.165) is 25.8 Å². The Kier molecular flexibility index (Phi) is 7.06. The summed E-state index contributed by atoms with van der Waals surface area (Å²) in [6, 6.07) is 26.2. The number of fused-ring (bicyclic) bond motifs is 1. The third-order valence-corrected chi connectivity index (χ3v) is 9.12. The summed E-state index contributed by atoms with van der Waals surface area (Å²) in [4.78, 5) is 2.63. The van der Waals surface area contributed by atoms with Crippen LogP contribution >= 0.6 is 0 Å². The summed E-state index contributed by atoms with van der Waals surface area (Å²) in [5.74, 6) is 0.361. The molecule has 37 heavy (non-hydrogen) atoms. The standard InChI is InChI=1S/C34H40N2O/c37-30-15-16-32-28(25-30)9-4-10-31(26-7-2-1-3-8-26)33(32)27-11-13-29(14-12-27)36-23-6-18-34(20-24-36)17-5-21-35-22-19-34/h1-3,7-8,11-16,25,35,37H,4-6,9-10,17-24H2. The van der Waals surface area contributed by atoms with E-state index in [1.165, 1.54) is 97.2 Å².